The van der Waals surface area contributed by atoms with Crippen molar-refractivity contribution in [2.45, 2.75) is 19.3 Å². The van der Waals surface area contributed by atoms with Crippen LogP contribution in [0, 0.1) is 11.3 Å². The molecule has 19 heavy (non-hydrogen) atoms. The largest absolute Gasteiger partial charge is 0.303 e. The van der Waals surface area contributed by atoms with E-state index in [4.69, 9.17) is 0 Å². The molecule has 4 rings (SSSR count). The van der Waals surface area contributed by atoms with Crippen molar-refractivity contribution in [1.82, 2.24) is 0 Å². The molecule has 0 heterocycles. The predicted octanol–water partition coefficient (Wildman–Crippen LogP) is 3.81. The molecule has 2 aliphatic carbocycles. The molecule has 0 aliphatic heterocycles. The van der Waals surface area contributed by atoms with E-state index in [2.05, 4.69) is 62.4 Å². The zero-order valence-electron chi connectivity index (χ0n) is 11.2. The Morgan fingerprint density at radius 3 is 1.79 bits per heavy atom. The minimum atomic E-state index is -0.0953. The lowest BCUT2D eigenvalue weighted by Crippen LogP contribution is -2.13. The summed E-state index contributed by atoms with van der Waals surface area (Å²) in [5, 5.41) is 0. The van der Waals surface area contributed by atoms with Gasteiger partial charge in [0.05, 0.1) is 0 Å². The van der Waals surface area contributed by atoms with Crippen molar-refractivity contribution in [2.75, 3.05) is 0 Å². The van der Waals surface area contributed by atoms with Crippen LogP contribution in [0.1, 0.15) is 25.0 Å². The molecule has 0 amide bonds. The highest BCUT2D eigenvalue weighted by atomic mass is 16.1. The van der Waals surface area contributed by atoms with Crippen LogP contribution in [0.25, 0.3) is 11.1 Å². The number of fused-ring (bicyclic) bond motifs is 5. The first kappa shape index (κ1) is 11.0. The summed E-state index contributed by atoms with van der Waals surface area (Å²) >= 11 is 0. The molecule has 2 aromatic carbocycles. The van der Waals surface area contributed by atoms with E-state index in [0.717, 1.165) is 6.29 Å². The Morgan fingerprint density at radius 1 is 0.895 bits per heavy atom. The molecule has 1 nitrogen and oxygen atoms in total. The van der Waals surface area contributed by atoms with Crippen molar-refractivity contribution in [3.63, 3.8) is 0 Å². The Labute approximate surface area is 113 Å². The zero-order chi connectivity index (χ0) is 13.3. The van der Waals surface area contributed by atoms with E-state index in [1.807, 2.05) is 0 Å². The lowest BCUT2D eigenvalue weighted by Gasteiger charge is -2.16. The maximum absolute atomic E-state index is 11.6. The first-order valence-corrected chi connectivity index (χ1v) is 6.80. The number of aldehydes is 1. The molecule has 1 heteroatoms. The van der Waals surface area contributed by atoms with E-state index < -0.39 is 0 Å². The Balaban J connectivity index is 2.12. The van der Waals surface area contributed by atoms with E-state index >= 15 is 0 Å². The molecule has 0 N–H and O–H groups in total. The second-order valence-corrected chi connectivity index (χ2v) is 6.23. The van der Waals surface area contributed by atoms with Gasteiger partial charge in [-0.05, 0) is 27.7 Å². The predicted molar refractivity (Wildman–Crippen MR) is 76.0 cm³/mol. The van der Waals surface area contributed by atoms with Gasteiger partial charge in [-0.3, -0.25) is 0 Å². The lowest BCUT2D eigenvalue weighted by atomic mass is 9.85. The Hall–Kier alpha value is -1.89. The van der Waals surface area contributed by atoms with Crippen LogP contribution >= 0.6 is 0 Å². The third-order valence-corrected chi connectivity index (χ3v) is 5.31. The third kappa shape index (κ3) is 0.983. The van der Waals surface area contributed by atoms with E-state index in [1.54, 1.807) is 0 Å². The molecule has 1 unspecified atom stereocenters. The van der Waals surface area contributed by atoms with Crippen LogP contribution in [0.3, 0.4) is 0 Å². The van der Waals surface area contributed by atoms with Gasteiger partial charge in [0, 0.05) is 11.3 Å². The van der Waals surface area contributed by atoms with Crippen LogP contribution in [0.2, 0.25) is 0 Å². The van der Waals surface area contributed by atoms with Gasteiger partial charge in [0.15, 0.2) is 0 Å². The molecule has 2 aromatic rings. The van der Waals surface area contributed by atoms with E-state index in [9.17, 15) is 4.79 Å². The van der Waals surface area contributed by atoms with Gasteiger partial charge in [-0.15, -0.1) is 0 Å². The fourth-order valence-corrected chi connectivity index (χ4v) is 4.37. The smallest absolute Gasteiger partial charge is 0.124 e. The van der Waals surface area contributed by atoms with Crippen molar-refractivity contribution >= 4 is 6.29 Å². The highest BCUT2D eigenvalue weighted by Crippen LogP contribution is 2.76. The summed E-state index contributed by atoms with van der Waals surface area (Å²) in [4.78, 5) is 11.6. The molecule has 1 saturated carbocycles. The van der Waals surface area contributed by atoms with Gasteiger partial charge in [0.25, 0.3) is 0 Å². The molecule has 0 radical (unpaired) electrons. The first-order chi connectivity index (χ1) is 9.15. The van der Waals surface area contributed by atoms with Crippen molar-refractivity contribution in [2.24, 2.45) is 11.3 Å². The molecule has 0 aromatic heterocycles. The topological polar surface area (TPSA) is 17.1 Å². The molecule has 2 aliphatic rings. The fourth-order valence-electron chi connectivity index (χ4n) is 4.37. The highest BCUT2D eigenvalue weighted by molar-refractivity contribution is 5.88. The maximum atomic E-state index is 11.6. The molecule has 1 fully saturated rings. The quantitative estimate of drug-likeness (QED) is 0.701. The molecule has 1 atom stereocenters. The molecule has 1 spiro atoms. The average molecular weight is 248 g/mol. The van der Waals surface area contributed by atoms with Gasteiger partial charge in [0.1, 0.15) is 6.29 Å². The first-order valence-electron chi connectivity index (χ1n) is 6.80. The van der Waals surface area contributed by atoms with Crippen LogP contribution in [0.4, 0.5) is 0 Å². The van der Waals surface area contributed by atoms with Crippen LogP contribution < -0.4 is 0 Å². The minimum absolute atomic E-state index is 0.0114. The molecule has 0 bridgehead atoms. The van der Waals surface area contributed by atoms with Crippen molar-refractivity contribution < 1.29 is 4.79 Å². The summed E-state index contributed by atoms with van der Waals surface area (Å²) in [6, 6.07) is 17.1. The summed E-state index contributed by atoms with van der Waals surface area (Å²) in [6.45, 7) is 4.43. The van der Waals surface area contributed by atoms with Gasteiger partial charge < -0.3 is 4.79 Å². The fraction of sp³-hybridized carbons (Fsp3) is 0.278. The number of rotatable bonds is 1. The SMILES string of the molecule is CC1(C)C(C=O)C12c1ccccc1-c1ccccc12. The second-order valence-electron chi connectivity index (χ2n) is 6.23. The summed E-state index contributed by atoms with van der Waals surface area (Å²) in [5.74, 6) is 0.0878. The molecule has 94 valence electrons. The normalized spacial score (nSPS) is 23.8. The van der Waals surface area contributed by atoms with E-state index in [-0.39, 0.29) is 16.7 Å². The second kappa shape index (κ2) is 3.16. The average Bonchev–Trinajstić information content (AvgIpc) is 2.79. The summed E-state index contributed by atoms with van der Waals surface area (Å²) < 4.78 is 0. The number of benzene rings is 2. The van der Waals surface area contributed by atoms with Crippen molar-refractivity contribution in [3.8, 4) is 11.1 Å². The lowest BCUT2D eigenvalue weighted by molar-refractivity contribution is -0.109. The summed E-state index contributed by atoms with van der Waals surface area (Å²) in [5.41, 5.74) is 5.18. The number of hydrogen-bond donors (Lipinski definition) is 0. The summed E-state index contributed by atoms with van der Waals surface area (Å²) in [7, 11) is 0. The standard InChI is InChI=1S/C18H16O/c1-17(2)16(11-19)18(17)14-9-5-3-7-12(14)13-8-4-6-10-15(13)18/h3-11,16H,1-2H3. The van der Waals surface area contributed by atoms with Gasteiger partial charge in [-0.25, -0.2) is 0 Å². The monoisotopic (exact) mass is 248 g/mol. The van der Waals surface area contributed by atoms with E-state index in [1.165, 1.54) is 22.3 Å². The zero-order valence-corrected chi connectivity index (χ0v) is 11.2. The van der Waals surface area contributed by atoms with E-state index in [0.29, 0.717) is 0 Å². The van der Waals surface area contributed by atoms with Crippen LogP contribution in [0.15, 0.2) is 48.5 Å². The van der Waals surface area contributed by atoms with Gasteiger partial charge in [-0.1, -0.05) is 62.4 Å². The van der Waals surface area contributed by atoms with Crippen molar-refractivity contribution in [1.29, 1.82) is 0 Å². The Bertz CT molecular complexity index is 651. The van der Waals surface area contributed by atoms with Gasteiger partial charge >= 0.3 is 0 Å². The Kier molecular flexibility index (Phi) is 1.83. The van der Waals surface area contributed by atoms with Crippen LogP contribution in [0.5, 0.6) is 0 Å². The van der Waals surface area contributed by atoms with Crippen LogP contribution in [-0.4, -0.2) is 6.29 Å². The maximum Gasteiger partial charge on any atom is 0.124 e. The third-order valence-electron chi connectivity index (χ3n) is 5.31. The van der Waals surface area contributed by atoms with Gasteiger partial charge in [0.2, 0.25) is 0 Å². The minimum Gasteiger partial charge on any atom is -0.303 e. The number of carbonyl (C=O) groups is 1. The molecular formula is C18H16O. The summed E-state index contributed by atoms with van der Waals surface area (Å²) in [6.07, 6.45) is 1.15. The number of carbonyl (C=O) groups excluding carboxylic acids is 1. The molecule has 0 saturated heterocycles. The number of hydrogen-bond acceptors (Lipinski definition) is 1. The van der Waals surface area contributed by atoms with Crippen molar-refractivity contribution in [3.05, 3.63) is 59.7 Å². The van der Waals surface area contributed by atoms with Gasteiger partial charge in [-0.2, -0.15) is 0 Å². The Morgan fingerprint density at radius 2 is 1.37 bits per heavy atom. The highest BCUT2D eigenvalue weighted by Gasteiger charge is 2.75. The molecular weight excluding hydrogens is 232 g/mol. The van der Waals surface area contributed by atoms with Crippen LogP contribution in [-0.2, 0) is 10.2 Å².